The van der Waals surface area contributed by atoms with E-state index in [4.69, 9.17) is 4.74 Å². The van der Waals surface area contributed by atoms with Crippen LogP contribution in [0, 0.1) is 0 Å². The van der Waals surface area contributed by atoms with E-state index >= 15 is 0 Å². The highest BCUT2D eigenvalue weighted by Gasteiger charge is 2.22. The molecule has 6 nitrogen and oxygen atoms in total. The molecule has 1 aliphatic carbocycles. The number of hydrogen-bond donors (Lipinski definition) is 2. The summed E-state index contributed by atoms with van der Waals surface area (Å²) in [4.78, 5) is 20.6. The fraction of sp³-hybridized carbons (Fsp3) is 0.273. The SMILES string of the molecule is COc1ccc2c(c1)c(-c1cc3c(C(=O)NC4CCC4)ccnc3[nH]1)cn2C. The van der Waals surface area contributed by atoms with Crippen molar-refractivity contribution >= 4 is 27.8 Å². The van der Waals surface area contributed by atoms with Gasteiger partial charge >= 0.3 is 0 Å². The van der Waals surface area contributed by atoms with Crippen LogP contribution in [-0.2, 0) is 7.05 Å². The van der Waals surface area contributed by atoms with Crippen molar-refractivity contribution in [1.29, 1.82) is 0 Å². The smallest absolute Gasteiger partial charge is 0.252 e. The zero-order chi connectivity index (χ0) is 19.3. The molecule has 0 bridgehead atoms. The molecule has 142 valence electrons. The Bertz CT molecular complexity index is 1200. The zero-order valence-electron chi connectivity index (χ0n) is 16.0. The summed E-state index contributed by atoms with van der Waals surface area (Å²) in [5.74, 6) is 0.789. The molecule has 0 unspecified atom stereocenters. The van der Waals surface area contributed by atoms with Crippen LogP contribution in [0.1, 0.15) is 29.6 Å². The van der Waals surface area contributed by atoms with Crippen molar-refractivity contribution in [3.05, 3.63) is 48.3 Å². The fourth-order valence-corrected chi connectivity index (χ4v) is 3.90. The van der Waals surface area contributed by atoms with Crippen LogP contribution in [0.3, 0.4) is 0 Å². The molecule has 3 aromatic heterocycles. The number of pyridine rings is 1. The number of aromatic nitrogens is 3. The maximum absolute atomic E-state index is 12.7. The Morgan fingerprint density at radius 3 is 2.86 bits per heavy atom. The third kappa shape index (κ3) is 2.64. The largest absolute Gasteiger partial charge is 0.497 e. The predicted molar refractivity (Wildman–Crippen MR) is 110 cm³/mol. The van der Waals surface area contributed by atoms with Crippen LogP contribution >= 0.6 is 0 Å². The maximum Gasteiger partial charge on any atom is 0.252 e. The van der Waals surface area contributed by atoms with Crippen LogP contribution in [0.25, 0.3) is 33.2 Å². The third-order valence-corrected chi connectivity index (χ3v) is 5.70. The molecular formula is C22H22N4O2. The number of aryl methyl sites for hydroxylation is 1. The lowest BCUT2D eigenvalue weighted by Gasteiger charge is -2.26. The summed E-state index contributed by atoms with van der Waals surface area (Å²) in [5.41, 5.74) is 4.49. The Labute approximate surface area is 162 Å². The third-order valence-electron chi connectivity index (χ3n) is 5.70. The first kappa shape index (κ1) is 16.9. The van der Waals surface area contributed by atoms with E-state index in [0.29, 0.717) is 11.6 Å². The minimum absolute atomic E-state index is 0.0257. The van der Waals surface area contributed by atoms with Crippen molar-refractivity contribution in [3.63, 3.8) is 0 Å². The normalized spacial score (nSPS) is 14.4. The minimum Gasteiger partial charge on any atom is -0.497 e. The Hall–Kier alpha value is -3.28. The number of nitrogens with zero attached hydrogens (tertiary/aromatic N) is 2. The number of benzene rings is 1. The number of rotatable bonds is 4. The van der Waals surface area contributed by atoms with Gasteiger partial charge in [-0.1, -0.05) is 0 Å². The van der Waals surface area contributed by atoms with Gasteiger partial charge in [-0.15, -0.1) is 0 Å². The highest BCUT2D eigenvalue weighted by Crippen LogP contribution is 2.34. The van der Waals surface area contributed by atoms with Gasteiger partial charge < -0.3 is 19.6 Å². The minimum atomic E-state index is -0.0257. The summed E-state index contributed by atoms with van der Waals surface area (Å²) in [6, 6.07) is 10.2. The molecule has 1 amide bonds. The average Bonchev–Trinajstić information content (AvgIpc) is 3.25. The Balaban J connectivity index is 1.61. The van der Waals surface area contributed by atoms with E-state index in [9.17, 15) is 4.79 Å². The second-order valence-electron chi connectivity index (χ2n) is 7.44. The summed E-state index contributed by atoms with van der Waals surface area (Å²) in [6.07, 6.45) is 7.09. The molecule has 0 spiro atoms. The molecule has 1 fully saturated rings. The quantitative estimate of drug-likeness (QED) is 0.567. The molecule has 1 saturated carbocycles. The van der Waals surface area contributed by atoms with E-state index in [-0.39, 0.29) is 5.91 Å². The fourth-order valence-electron chi connectivity index (χ4n) is 3.90. The second kappa shape index (κ2) is 6.41. The van der Waals surface area contributed by atoms with Crippen molar-refractivity contribution in [3.8, 4) is 17.0 Å². The van der Waals surface area contributed by atoms with Crippen molar-refractivity contribution in [2.45, 2.75) is 25.3 Å². The molecule has 3 heterocycles. The summed E-state index contributed by atoms with van der Waals surface area (Å²) in [6.45, 7) is 0. The number of nitrogens with one attached hydrogen (secondary N) is 2. The number of ether oxygens (including phenoxy) is 1. The van der Waals surface area contributed by atoms with Gasteiger partial charge in [0.15, 0.2) is 0 Å². The standard InChI is InChI=1S/C22H22N4O2/c1-26-12-18(16-10-14(28-2)6-7-20(16)26)19-11-17-15(8-9-23-21(17)25-19)22(27)24-13-4-3-5-13/h6-13H,3-5H2,1-2H3,(H,23,25)(H,24,27). The van der Waals surface area contributed by atoms with E-state index in [1.807, 2.05) is 25.2 Å². The Kier molecular flexibility index (Phi) is 3.86. The highest BCUT2D eigenvalue weighted by molar-refractivity contribution is 6.07. The number of fused-ring (bicyclic) bond motifs is 2. The molecule has 0 saturated heterocycles. The number of H-pyrrole nitrogens is 1. The topological polar surface area (TPSA) is 71.9 Å². The lowest BCUT2D eigenvalue weighted by atomic mass is 9.93. The summed E-state index contributed by atoms with van der Waals surface area (Å²) < 4.78 is 7.49. The Morgan fingerprint density at radius 2 is 2.11 bits per heavy atom. The molecule has 0 atom stereocenters. The Morgan fingerprint density at radius 1 is 1.25 bits per heavy atom. The van der Waals surface area contributed by atoms with Gasteiger partial charge in [-0.05, 0) is 49.6 Å². The van der Waals surface area contributed by atoms with E-state index in [1.54, 1.807) is 19.4 Å². The first-order chi connectivity index (χ1) is 13.6. The van der Waals surface area contributed by atoms with E-state index in [1.165, 1.54) is 6.42 Å². The van der Waals surface area contributed by atoms with Crippen LogP contribution in [0.2, 0.25) is 0 Å². The molecule has 5 rings (SSSR count). The number of methoxy groups -OCH3 is 1. The molecule has 0 radical (unpaired) electrons. The molecule has 6 heteroatoms. The first-order valence-electron chi connectivity index (χ1n) is 9.56. The number of amides is 1. The van der Waals surface area contributed by atoms with E-state index in [2.05, 4.69) is 32.1 Å². The van der Waals surface area contributed by atoms with Crippen LogP contribution in [-0.4, -0.2) is 33.6 Å². The van der Waals surface area contributed by atoms with Crippen molar-refractivity contribution in [2.75, 3.05) is 7.11 Å². The number of carbonyl (C=O) groups excluding carboxylic acids is 1. The van der Waals surface area contributed by atoms with Crippen LogP contribution < -0.4 is 10.1 Å². The van der Waals surface area contributed by atoms with Gasteiger partial charge in [-0.2, -0.15) is 0 Å². The zero-order valence-corrected chi connectivity index (χ0v) is 16.0. The average molecular weight is 374 g/mol. The van der Waals surface area contributed by atoms with E-state index in [0.717, 1.165) is 51.8 Å². The predicted octanol–water partition coefficient (Wildman–Crippen LogP) is 4.01. The molecule has 1 aliphatic rings. The number of aromatic amines is 1. The van der Waals surface area contributed by atoms with Gasteiger partial charge in [0.05, 0.1) is 12.7 Å². The highest BCUT2D eigenvalue weighted by atomic mass is 16.5. The summed E-state index contributed by atoms with van der Waals surface area (Å²) in [5, 5.41) is 5.05. The second-order valence-corrected chi connectivity index (χ2v) is 7.44. The van der Waals surface area contributed by atoms with Gasteiger partial charge in [-0.25, -0.2) is 4.98 Å². The van der Waals surface area contributed by atoms with Gasteiger partial charge in [0, 0.05) is 53.0 Å². The molecule has 28 heavy (non-hydrogen) atoms. The van der Waals surface area contributed by atoms with Crippen molar-refractivity contribution in [1.82, 2.24) is 19.9 Å². The molecular weight excluding hydrogens is 352 g/mol. The molecule has 0 aliphatic heterocycles. The monoisotopic (exact) mass is 374 g/mol. The molecule has 2 N–H and O–H groups in total. The molecule has 4 aromatic rings. The van der Waals surface area contributed by atoms with Crippen molar-refractivity contribution in [2.24, 2.45) is 7.05 Å². The number of carbonyl (C=O) groups is 1. The van der Waals surface area contributed by atoms with Gasteiger partial charge in [0.2, 0.25) is 0 Å². The van der Waals surface area contributed by atoms with Gasteiger partial charge in [0.1, 0.15) is 11.4 Å². The van der Waals surface area contributed by atoms with Gasteiger partial charge in [0.25, 0.3) is 5.91 Å². The van der Waals surface area contributed by atoms with E-state index < -0.39 is 0 Å². The van der Waals surface area contributed by atoms with Crippen LogP contribution in [0.5, 0.6) is 5.75 Å². The lowest BCUT2D eigenvalue weighted by molar-refractivity contribution is 0.0918. The van der Waals surface area contributed by atoms with Crippen LogP contribution in [0.15, 0.2) is 42.7 Å². The summed E-state index contributed by atoms with van der Waals surface area (Å²) in [7, 11) is 3.69. The van der Waals surface area contributed by atoms with Crippen LogP contribution in [0.4, 0.5) is 0 Å². The van der Waals surface area contributed by atoms with Crippen molar-refractivity contribution < 1.29 is 9.53 Å². The lowest BCUT2D eigenvalue weighted by Crippen LogP contribution is -2.39. The van der Waals surface area contributed by atoms with Gasteiger partial charge in [-0.3, -0.25) is 4.79 Å². The maximum atomic E-state index is 12.7. The number of hydrogen-bond acceptors (Lipinski definition) is 3. The summed E-state index contributed by atoms with van der Waals surface area (Å²) >= 11 is 0. The molecule has 1 aromatic carbocycles. The first-order valence-corrected chi connectivity index (χ1v) is 9.56.